The number of carbonyl (C=O) groups excluding carboxylic acids is 2. The first kappa shape index (κ1) is 18.3. The van der Waals surface area contributed by atoms with E-state index < -0.39 is 0 Å². The number of hydrogen-bond acceptors (Lipinski definition) is 4. The summed E-state index contributed by atoms with van der Waals surface area (Å²) >= 11 is 1.59. The third-order valence-electron chi connectivity index (χ3n) is 4.09. The molecule has 5 nitrogen and oxygen atoms in total. The summed E-state index contributed by atoms with van der Waals surface area (Å²) in [6.07, 6.45) is 0.441. The van der Waals surface area contributed by atoms with Crippen LogP contribution in [0.4, 0.5) is 11.4 Å². The lowest BCUT2D eigenvalue weighted by molar-refractivity contribution is -0.116. The van der Waals surface area contributed by atoms with Crippen LogP contribution in [0.5, 0.6) is 5.75 Å². The molecule has 1 heterocycles. The van der Waals surface area contributed by atoms with E-state index in [1.54, 1.807) is 16.7 Å². The van der Waals surface area contributed by atoms with E-state index in [1.165, 1.54) is 0 Å². The zero-order valence-corrected chi connectivity index (χ0v) is 15.7. The molecule has 0 saturated carbocycles. The molecule has 0 radical (unpaired) electrons. The van der Waals surface area contributed by atoms with E-state index in [9.17, 15) is 9.59 Å². The van der Waals surface area contributed by atoms with Gasteiger partial charge in [-0.05, 0) is 36.8 Å². The van der Waals surface area contributed by atoms with Gasteiger partial charge in [-0.15, -0.1) is 11.8 Å². The van der Waals surface area contributed by atoms with Gasteiger partial charge >= 0.3 is 0 Å². The number of anilines is 2. The fourth-order valence-corrected chi connectivity index (χ4v) is 4.01. The van der Waals surface area contributed by atoms with Gasteiger partial charge in [0.2, 0.25) is 11.8 Å². The molecule has 2 aromatic rings. The maximum Gasteiger partial charge on any atom is 0.238 e. The zero-order valence-electron chi connectivity index (χ0n) is 14.9. The quantitative estimate of drug-likeness (QED) is 0.827. The van der Waals surface area contributed by atoms with Crippen molar-refractivity contribution in [2.24, 2.45) is 0 Å². The van der Waals surface area contributed by atoms with E-state index >= 15 is 0 Å². The van der Waals surface area contributed by atoms with Crippen LogP contribution in [0.2, 0.25) is 0 Å². The van der Waals surface area contributed by atoms with Crippen LogP contribution < -0.4 is 15.0 Å². The van der Waals surface area contributed by atoms with E-state index in [2.05, 4.69) is 5.32 Å². The topological polar surface area (TPSA) is 58.6 Å². The molecule has 0 spiro atoms. The lowest BCUT2D eigenvalue weighted by Crippen LogP contribution is -2.28. The number of rotatable bonds is 6. The highest BCUT2D eigenvalue weighted by Gasteiger charge is 2.35. The molecule has 136 valence electrons. The predicted molar refractivity (Wildman–Crippen MR) is 106 cm³/mol. The molecule has 3 rings (SSSR count). The Morgan fingerprint density at radius 1 is 1.19 bits per heavy atom. The van der Waals surface area contributed by atoms with Gasteiger partial charge in [-0.25, -0.2) is 0 Å². The Labute approximate surface area is 157 Å². The molecule has 26 heavy (non-hydrogen) atoms. The summed E-state index contributed by atoms with van der Waals surface area (Å²) in [6, 6.07) is 15.3. The average Bonchev–Trinajstić information content (AvgIpc) is 3.04. The molecule has 2 amide bonds. The molecular weight excluding hydrogens is 348 g/mol. The van der Waals surface area contributed by atoms with Crippen molar-refractivity contribution in [2.75, 3.05) is 22.6 Å². The summed E-state index contributed by atoms with van der Waals surface area (Å²) in [7, 11) is 0. The minimum absolute atomic E-state index is 0.0181. The molecule has 1 fully saturated rings. The number of thioether (sulfide) groups is 1. The van der Waals surface area contributed by atoms with Gasteiger partial charge in [0.05, 0.1) is 18.0 Å². The Balaban J connectivity index is 1.87. The molecule has 1 aliphatic rings. The molecular formula is C20H22N2O3S. The summed E-state index contributed by atoms with van der Waals surface area (Å²) in [5.41, 5.74) is 2.57. The molecule has 1 aliphatic heterocycles. The fourth-order valence-electron chi connectivity index (χ4n) is 2.85. The Kier molecular flexibility index (Phi) is 5.83. The van der Waals surface area contributed by atoms with Crippen LogP contribution in [0, 0.1) is 0 Å². The number of carbonyl (C=O) groups is 2. The van der Waals surface area contributed by atoms with Gasteiger partial charge in [0, 0.05) is 12.1 Å². The molecule has 0 aromatic heterocycles. The minimum Gasteiger partial charge on any atom is -0.492 e. The van der Waals surface area contributed by atoms with Crippen LogP contribution in [-0.4, -0.2) is 24.2 Å². The second kappa shape index (κ2) is 8.27. The summed E-state index contributed by atoms with van der Waals surface area (Å²) in [4.78, 5) is 25.9. The van der Waals surface area contributed by atoms with Gasteiger partial charge in [0.25, 0.3) is 0 Å². The van der Waals surface area contributed by atoms with E-state index in [-0.39, 0.29) is 17.2 Å². The van der Waals surface area contributed by atoms with E-state index in [4.69, 9.17) is 4.74 Å². The zero-order chi connectivity index (χ0) is 18.5. The third kappa shape index (κ3) is 3.85. The van der Waals surface area contributed by atoms with Crippen molar-refractivity contribution in [3.63, 3.8) is 0 Å². The Bertz CT molecular complexity index is 792. The SMILES string of the molecule is CCOc1ccccc1N1C(=O)CS[C@@H]1c1ccc(NC(=O)CC)cc1. The largest absolute Gasteiger partial charge is 0.492 e. The van der Waals surface area contributed by atoms with E-state index in [0.29, 0.717) is 24.5 Å². The van der Waals surface area contributed by atoms with Gasteiger partial charge < -0.3 is 10.1 Å². The average molecular weight is 370 g/mol. The highest BCUT2D eigenvalue weighted by Crippen LogP contribution is 2.44. The fraction of sp³-hybridized carbons (Fsp3) is 0.300. The van der Waals surface area contributed by atoms with Crippen LogP contribution in [0.15, 0.2) is 48.5 Å². The first-order chi connectivity index (χ1) is 12.6. The lowest BCUT2D eigenvalue weighted by atomic mass is 10.1. The van der Waals surface area contributed by atoms with Gasteiger partial charge in [-0.2, -0.15) is 0 Å². The Morgan fingerprint density at radius 3 is 2.62 bits per heavy atom. The standard InChI is InChI=1S/C20H22N2O3S/c1-3-18(23)21-15-11-9-14(10-12-15)20-22(19(24)13-26-20)16-7-5-6-8-17(16)25-4-2/h5-12,20H,3-4,13H2,1-2H3,(H,21,23)/t20-/m1/s1. The maximum absolute atomic E-state index is 12.6. The normalized spacial score (nSPS) is 16.6. The van der Waals surface area contributed by atoms with Crippen LogP contribution >= 0.6 is 11.8 Å². The molecule has 6 heteroatoms. The van der Waals surface area contributed by atoms with E-state index in [0.717, 1.165) is 16.9 Å². The molecule has 0 bridgehead atoms. The van der Waals surface area contributed by atoms with Gasteiger partial charge in [-0.3, -0.25) is 14.5 Å². The van der Waals surface area contributed by atoms with Crippen molar-refractivity contribution in [2.45, 2.75) is 25.6 Å². The number of nitrogens with one attached hydrogen (secondary N) is 1. The predicted octanol–water partition coefficient (Wildman–Crippen LogP) is 4.21. The first-order valence-corrected chi connectivity index (χ1v) is 9.74. The third-order valence-corrected chi connectivity index (χ3v) is 5.31. The number of nitrogens with zero attached hydrogens (tertiary/aromatic N) is 1. The summed E-state index contributed by atoms with van der Waals surface area (Å²) in [6.45, 7) is 4.29. The van der Waals surface area contributed by atoms with Crippen molar-refractivity contribution in [3.8, 4) is 5.75 Å². The Morgan fingerprint density at radius 2 is 1.92 bits per heavy atom. The summed E-state index contributed by atoms with van der Waals surface area (Å²) in [5, 5.41) is 2.73. The molecule has 2 aromatic carbocycles. The van der Waals surface area contributed by atoms with Crippen molar-refractivity contribution < 1.29 is 14.3 Å². The van der Waals surface area contributed by atoms with Crippen molar-refractivity contribution >= 4 is 35.0 Å². The smallest absolute Gasteiger partial charge is 0.238 e. The minimum atomic E-state index is -0.111. The second-order valence-corrected chi connectivity index (χ2v) is 6.92. The Hall–Kier alpha value is -2.47. The number of benzene rings is 2. The molecule has 1 saturated heterocycles. The number of hydrogen-bond donors (Lipinski definition) is 1. The van der Waals surface area contributed by atoms with Gasteiger partial charge in [0.1, 0.15) is 11.1 Å². The van der Waals surface area contributed by atoms with Gasteiger partial charge in [0.15, 0.2) is 0 Å². The van der Waals surface area contributed by atoms with Gasteiger partial charge in [-0.1, -0.05) is 31.2 Å². The maximum atomic E-state index is 12.6. The number of para-hydroxylation sites is 2. The van der Waals surface area contributed by atoms with Crippen LogP contribution in [0.1, 0.15) is 31.2 Å². The molecule has 0 unspecified atom stereocenters. The first-order valence-electron chi connectivity index (χ1n) is 8.69. The molecule has 1 atom stereocenters. The number of amides is 2. The lowest BCUT2D eigenvalue weighted by Gasteiger charge is -2.26. The summed E-state index contributed by atoms with van der Waals surface area (Å²) in [5.74, 6) is 1.19. The van der Waals surface area contributed by atoms with Crippen LogP contribution in [0.25, 0.3) is 0 Å². The van der Waals surface area contributed by atoms with Crippen molar-refractivity contribution in [1.29, 1.82) is 0 Å². The van der Waals surface area contributed by atoms with Crippen LogP contribution in [-0.2, 0) is 9.59 Å². The molecule has 1 N–H and O–H groups in total. The number of ether oxygens (including phenoxy) is 1. The monoisotopic (exact) mass is 370 g/mol. The van der Waals surface area contributed by atoms with Crippen molar-refractivity contribution in [3.05, 3.63) is 54.1 Å². The van der Waals surface area contributed by atoms with E-state index in [1.807, 2.05) is 62.4 Å². The second-order valence-electron chi connectivity index (χ2n) is 5.85. The highest BCUT2D eigenvalue weighted by atomic mass is 32.2. The summed E-state index contributed by atoms with van der Waals surface area (Å²) < 4.78 is 5.71. The highest BCUT2D eigenvalue weighted by molar-refractivity contribution is 8.00. The van der Waals surface area contributed by atoms with Crippen LogP contribution in [0.3, 0.4) is 0 Å². The van der Waals surface area contributed by atoms with Crippen molar-refractivity contribution in [1.82, 2.24) is 0 Å². The molecule has 0 aliphatic carbocycles.